The standard InChI is InChI=1S/C19H22N2O5/c1-12(20-16(22)11-13-7-3-2-4-8-13)19(25)26-21-17(23)14-9-5-6-10-15(14)18(21)24/h5-6,9-10,12-13H,2-4,7-8,11H2,1H3,(H,20,22). The maximum atomic E-state index is 12.2. The summed E-state index contributed by atoms with van der Waals surface area (Å²) in [5.41, 5.74) is 0.388. The number of fused-ring (bicyclic) bond motifs is 1. The van der Waals surface area contributed by atoms with Gasteiger partial charge in [-0.1, -0.05) is 36.5 Å². The fourth-order valence-corrected chi connectivity index (χ4v) is 3.43. The summed E-state index contributed by atoms with van der Waals surface area (Å²) in [7, 11) is 0. The number of carbonyl (C=O) groups excluding carboxylic acids is 4. The molecule has 138 valence electrons. The second kappa shape index (κ2) is 7.68. The predicted octanol–water partition coefficient (Wildman–Crippen LogP) is 2.22. The average Bonchev–Trinajstić information content (AvgIpc) is 2.87. The molecular formula is C19H22N2O5. The predicted molar refractivity (Wildman–Crippen MR) is 91.8 cm³/mol. The highest BCUT2D eigenvalue weighted by atomic mass is 16.7. The van der Waals surface area contributed by atoms with Gasteiger partial charge in [0.15, 0.2) is 0 Å². The molecule has 2 aliphatic rings. The lowest BCUT2D eigenvalue weighted by molar-refractivity contribution is -0.171. The van der Waals surface area contributed by atoms with Gasteiger partial charge in [-0.3, -0.25) is 14.4 Å². The number of amides is 3. The SMILES string of the molecule is CC(NC(=O)CC1CCCCC1)C(=O)ON1C(=O)c2ccccc2C1=O. The summed E-state index contributed by atoms with van der Waals surface area (Å²) in [5, 5.41) is 3.04. The summed E-state index contributed by atoms with van der Waals surface area (Å²) >= 11 is 0. The van der Waals surface area contributed by atoms with Crippen molar-refractivity contribution in [1.82, 2.24) is 10.4 Å². The highest BCUT2D eigenvalue weighted by Crippen LogP contribution is 2.26. The zero-order valence-corrected chi connectivity index (χ0v) is 14.7. The summed E-state index contributed by atoms with van der Waals surface area (Å²) < 4.78 is 0. The highest BCUT2D eigenvalue weighted by molar-refractivity contribution is 6.20. The van der Waals surface area contributed by atoms with E-state index in [9.17, 15) is 19.2 Å². The van der Waals surface area contributed by atoms with Gasteiger partial charge in [-0.15, -0.1) is 0 Å². The van der Waals surface area contributed by atoms with Gasteiger partial charge in [-0.2, -0.15) is 0 Å². The molecule has 1 aromatic rings. The van der Waals surface area contributed by atoms with E-state index in [0.717, 1.165) is 25.7 Å². The molecule has 0 radical (unpaired) electrons. The second-order valence-electron chi connectivity index (χ2n) is 6.86. The number of hydrogen-bond acceptors (Lipinski definition) is 5. The van der Waals surface area contributed by atoms with Gasteiger partial charge in [0.2, 0.25) is 5.91 Å². The van der Waals surface area contributed by atoms with Crippen molar-refractivity contribution >= 4 is 23.7 Å². The minimum Gasteiger partial charge on any atom is -0.343 e. The van der Waals surface area contributed by atoms with Crippen LogP contribution in [-0.2, 0) is 14.4 Å². The number of nitrogens with one attached hydrogen (secondary N) is 1. The Labute approximate surface area is 151 Å². The van der Waals surface area contributed by atoms with Crippen LogP contribution in [0.25, 0.3) is 0 Å². The van der Waals surface area contributed by atoms with E-state index in [1.807, 2.05) is 0 Å². The Balaban J connectivity index is 1.54. The van der Waals surface area contributed by atoms with Gasteiger partial charge >= 0.3 is 5.97 Å². The van der Waals surface area contributed by atoms with Crippen molar-refractivity contribution in [1.29, 1.82) is 0 Å². The fourth-order valence-electron chi connectivity index (χ4n) is 3.43. The summed E-state index contributed by atoms with van der Waals surface area (Å²) in [6.07, 6.45) is 5.92. The van der Waals surface area contributed by atoms with Crippen LogP contribution in [0.1, 0.15) is 66.2 Å². The summed E-state index contributed by atoms with van der Waals surface area (Å²) in [5.74, 6) is -2.08. The molecule has 0 saturated heterocycles. The van der Waals surface area contributed by atoms with Gasteiger partial charge in [0.1, 0.15) is 6.04 Å². The lowest BCUT2D eigenvalue weighted by atomic mass is 9.87. The minimum absolute atomic E-state index is 0.194. The number of hydroxylamine groups is 2. The third kappa shape index (κ3) is 3.76. The molecule has 1 heterocycles. The molecule has 3 rings (SSSR count). The summed E-state index contributed by atoms with van der Waals surface area (Å²) in [6.45, 7) is 1.47. The maximum absolute atomic E-state index is 12.2. The van der Waals surface area contributed by atoms with Gasteiger partial charge in [0.25, 0.3) is 11.8 Å². The van der Waals surface area contributed by atoms with Crippen molar-refractivity contribution < 1.29 is 24.0 Å². The molecule has 0 spiro atoms. The van der Waals surface area contributed by atoms with Gasteiger partial charge < -0.3 is 10.2 Å². The number of rotatable bonds is 5. The molecular weight excluding hydrogens is 336 g/mol. The zero-order chi connectivity index (χ0) is 18.7. The quantitative estimate of drug-likeness (QED) is 0.815. The summed E-state index contributed by atoms with van der Waals surface area (Å²) in [4.78, 5) is 53.6. The summed E-state index contributed by atoms with van der Waals surface area (Å²) in [6, 6.07) is 5.31. The zero-order valence-electron chi connectivity index (χ0n) is 14.7. The molecule has 1 aliphatic carbocycles. The molecule has 7 heteroatoms. The minimum atomic E-state index is -0.949. The average molecular weight is 358 g/mol. The third-order valence-corrected chi connectivity index (χ3v) is 4.87. The first-order chi connectivity index (χ1) is 12.5. The molecule has 26 heavy (non-hydrogen) atoms. The van der Waals surface area contributed by atoms with E-state index in [4.69, 9.17) is 4.84 Å². The Morgan fingerprint density at radius 1 is 1.12 bits per heavy atom. The Morgan fingerprint density at radius 3 is 2.27 bits per heavy atom. The first kappa shape index (κ1) is 18.1. The monoisotopic (exact) mass is 358 g/mol. The normalized spacial score (nSPS) is 18.4. The van der Waals surface area contributed by atoms with Crippen molar-refractivity contribution in [2.24, 2.45) is 5.92 Å². The second-order valence-corrected chi connectivity index (χ2v) is 6.86. The number of nitrogens with zero attached hydrogens (tertiary/aromatic N) is 1. The van der Waals surface area contributed by atoms with E-state index in [2.05, 4.69) is 5.32 Å². The van der Waals surface area contributed by atoms with Crippen LogP contribution in [-0.4, -0.2) is 34.8 Å². The Kier molecular flexibility index (Phi) is 5.35. The number of imide groups is 1. The number of carbonyl (C=O) groups is 4. The molecule has 1 unspecified atom stereocenters. The van der Waals surface area contributed by atoms with Crippen LogP contribution in [0.3, 0.4) is 0 Å². The van der Waals surface area contributed by atoms with E-state index in [0.29, 0.717) is 17.4 Å². The molecule has 1 aliphatic heterocycles. The first-order valence-corrected chi connectivity index (χ1v) is 8.96. The van der Waals surface area contributed by atoms with Crippen LogP contribution in [0.2, 0.25) is 0 Å². The largest absolute Gasteiger partial charge is 0.354 e. The van der Waals surface area contributed by atoms with Crippen molar-refractivity contribution in [3.8, 4) is 0 Å². The van der Waals surface area contributed by atoms with Gasteiger partial charge in [0, 0.05) is 6.42 Å². The molecule has 0 bridgehead atoms. The molecule has 1 saturated carbocycles. The Hall–Kier alpha value is -2.70. The van der Waals surface area contributed by atoms with Crippen LogP contribution in [0, 0.1) is 5.92 Å². The van der Waals surface area contributed by atoms with Crippen LogP contribution < -0.4 is 5.32 Å². The number of hydrogen-bond donors (Lipinski definition) is 1. The lowest BCUT2D eigenvalue weighted by Crippen LogP contribution is -2.44. The topological polar surface area (TPSA) is 92.8 Å². The van der Waals surface area contributed by atoms with Crippen molar-refractivity contribution in [3.05, 3.63) is 35.4 Å². The highest BCUT2D eigenvalue weighted by Gasteiger charge is 2.39. The first-order valence-electron chi connectivity index (χ1n) is 8.96. The molecule has 1 atom stereocenters. The van der Waals surface area contributed by atoms with Gasteiger partial charge in [-0.25, -0.2) is 4.79 Å². The van der Waals surface area contributed by atoms with Gasteiger partial charge in [-0.05, 0) is 37.8 Å². The maximum Gasteiger partial charge on any atom is 0.354 e. The fraction of sp³-hybridized carbons (Fsp3) is 0.474. The Bertz CT molecular complexity index is 704. The molecule has 7 nitrogen and oxygen atoms in total. The molecule has 1 fully saturated rings. The van der Waals surface area contributed by atoms with Crippen molar-refractivity contribution in [2.75, 3.05) is 0 Å². The third-order valence-electron chi connectivity index (χ3n) is 4.87. The van der Waals surface area contributed by atoms with E-state index < -0.39 is 23.8 Å². The van der Waals surface area contributed by atoms with E-state index in [1.165, 1.54) is 25.5 Å². The molecule has 3 amide bonds. The van der Waals surface area contributed by atoms with Crippen LogP contribution in [0.5, 0.6) is 0 Å². The van der Waals surface area contributed by atoms with Crippen molar-refractivity contribution in [3.63, 3.8) is 0 Å². The Morgan fingerprint density at radius 2 is 1.69 bits per heavy atom. The van der Waals surface area contributed by atoms with Crippen LogP contribution in [0.15, 0.2) is 24.3 Å². The van der Waals surface area contributed by atoms with Crippen molar-refractivity contribution in [2.45, 2.75) is 51.5 Å². The molecule has 0 aromatic heterocycles. The van der Waals surface area contributed by atoms with E-state index in [1.54, 1.807) is 12.1 Å². The van der Waals surface area contributed by atoms with Crippen LogP contribution >= 0.6 is 0 Å². The lowest BCUT2D eigenvalue weighted by Gasteiger charge is -2.22. The van der Waals surface area contributed by atoms with Crippen LogP contribution in [0.4, 0.5) is 0 Å². The molecule has 1 aromatic carbocycles. The van der Waals surface area contributed by atoms with Gasteiger partial charge in [0.05, 0.1) is 11.1 Å². The smallest absolute Gasteiger partial charge is 0.343 e. The van der Waals surface area contributed by atoms with E-state index >= 15 is 0 Å². The number of benzene rings is 1. The molecule has 1 N–H and O–H groups in total. The van der Waals surface area contributed by atoms with E-state index in [-0.39, 0.29) is 17.0 Å².